The Labute approximate surface area is 182 Å². The maximum absolute atomic E-state index is 6.50. The number of hydrogen-bond acceptors (Lipinski definition) is 6. The van der Waals surface area contributed by atoms with Gasteiger partial charge in [-0.3, -0.25) is 0 Å². The molecule has 0 aliphatic rings. The van der Waals surface area contributed by atoms with E-state index in [0.717, 1.165) is 28.8 Å². The second-order valence-corrected chi connectivity index (χ2v) is 8.45. The first-order valence-corrected chi connectivity index (χ1v) is 10.4. The molecule has 0 atom stereocenters. The van der Waals surface area contributed by atoms with Crippen LogP contribution in [0.25, 0.3) is 22.3 Å². The Kier molecular flexibility index (Phi) is 5.50. The lowest BCUT2D eigenvalue weighted by molar-refractivity contribution is 0.364. The number of nitrogens with one attached hydrogen (secondary N) is 1. The predicted octanol–water partition coefficient (Wildman–Crippen LogP) is 4.49. The highest BCUT2D eigenvalue weighted by Crippen LogP contribution is 2.33. The summed E-state index contributed by atoms with van der Waals surface area (Å²) in [5, 5.41) is 8.83. The summed E-state index contributed by atoms with van der Waals surface area (Å²) in [7, 11) is 1.67. The van der Waals surface area contributed by atoms with Crippen molar-refractivity contribution in [1.29, 1.82) is 0 Å². The third-order valence-electron chi connectivity index (χ3n) is 5.11. The SMILES string of the molecule is COc1ccc(CCNc2nc(-c3ccccc3)c3c(N)n(C(C)(C)C)nc3n2)cc1. The molecule has 0 saturated carbocycles. The second kappa shape index (κ2) is 8.26. The lowest BCUT2D eigenvalue weighted by Gasteiger charge is -2.20. The first kappa shape index (κ1) is 20.7. The van der Waals surface area contributed by atoms with E-state index in [2.05, 4.69) is 43.2 Å². The van der Waals surface area contributed by atoms with Crippen LogP contribution in [0, 0.1) is 0 Å². The fourth-order valence-electron chi connectivity index (χ4n) is 3.52. The van der Waals surface area contributed by atoms with Crippen LogP contribution in [0.4, 0.5) is 11.8 Å². The van der Waals surface area contributed by atoms with Crippen LogP contribution in [0.2, 0.25) is 0 Å². The first-order chi connectivity index (χ1) is 14.9. The Morgan fingerprint density at radius 3 is 2.35 bits per heavy atom. The van der Waals surface area contributed by atoms with Gasteiger partial charge in [0.2, 0.25) is 5.95 Å². The molecule has 2 aromatic heterocycles. The molecule has 2 heterocycles. The van der Waals surface area contributed by atoms with Crippen molar-refractivity contribution in [2.45, 2.75) is 32.7 Å². The number of ether oxygens (including phenoxy) is 1. The normalized spacial score (nSPS) is 11.6. The minimum atomic E-state index is -0.263. The molecule has 4 rings (SSSR count). The molecule has 2 aromatic carbocycles. The molecule has 7 heteroatoms. The summed E-state index contributed by atoms with van der Waals surface area (Å²) in [5.74, 6) is 1.97. The van der Waals surface area contributed by atoms with Crippen molar-refractivity contribution >= 4 is 22.8 Å². The van der Waals surface area contributed by atoms with Gasteiger partial charge in [-0.25, -0.2) is 9.67 Å². The van der Waals surface area contributed by atoms with Crippen LogP contribution in [0.1, 0.15) is 26.3 Å². The highest BCUT2D eigenvalue weighted by Gasteiger charge is 2.24. The van der Waals surface area contributed by atoms with Gasteiger partial charge in [-0.05, 0) is 44.9 Å². The zero-order valence-corrected chi connectivity index (χ0v) is 18.4. The standard InChI is InChI=1S/C24H28N6O/c1-24(2,3)30-21(25)19-20(17-8-6-5-7-9-17)27-23(28-22(19)29-30)26-15-14-16-10-12-18(31-4)13-11-16/h5-13H,14-15,25H2,1-4H3,(H,26,28,29). The zero-order valence-electron chi connectivity index (χ0n) is 18.4. The molecule has 0 saturated heterocycles. The van der Waals surface area contributed by atoms with E-state index < -0.39 is 0 Å². The molecule has 160 valence electrons. The molecular formula is C24H28N6O. The molecule has 0 fully saturated rings. The molecule has 0 unspecified atom stereocenters. The van der Waals surface area contributed by atoms with Crippen LogP contribution < -0.4 is 15.8 Å². The number of methoxy groups -OCH3 is 1. The second-order valence-electron chi connectivity index (χ2n) is 8.45. The van der Waals surface area contributed by atoms with Crippen molar-refractivity contribution in [3.8, 4) is 17.0 Å². The van der Waals surface area contributed by atoms with E-state index in [-0.39, 0.29) is 5.54 Å². The first-order valence-electron chi connectivity index (χ1n) is 10.4. The number of nitrogens with two attached hydrogens (primary N) is 1. The quantitative estimate of drug-likeness (QED) is 0.481. The Hall–Kier alpha value is -3.61. The number of hydrogen-bond donors (Lipinski definition) is 2. The molecular weight excluding hydrogens is 388 g/mol. The third kappa shape index (κ3) is 4.30. The Morgan fingerprint density at radius 2 is 1.71 bits per heavy atom. The van der Waals surface area contributed by atoms with Gasteiger partial charge >= 0.3 is 0 Å². The van der Waals surface area contributed by atoms with Gasteiger partial charge in [0, 0.05) is 12.1 Å². The van der Waals surface area contributed by atoms with Gasteiger partial charge < -0.3 is 15.8 Å². The molecule has 3 N–H and O–H groups in total. The van der Waals surface area contributed by atoms with E-state index in [1.807, 2.05) is 47.1 Å². The van der Waals surface area contributed by atoms with E-state index in [4.69, 9.17) is 20.6 Å². The van der Waals surface area contributed by atoms with Crippen molar-refractivity contribution in [3.05, 3.63) is 60.2 Å². The highest BCUT2D eigenvalue weighted by atomic mass is 16.5. The molecule has 0 aliphatic heterocycles. The Balaban J connectivity index is 1.67. The van der Waals surface area contributed by atoms with Gasteiger partial charge in [0.05, 0.1) is 23.7 Å². The van der Waals surface area contributed by atoms with Gasteiger partial charge in [-0.15, -0.1) is 5.10 Å². The number of benzene rings is 2. The number of nitrogens with zero attached hydrogens (tertiary/aromatic N) is 4. The smallest absolute Gasteiger partial charge is 0.225 e. The minimum absolute atomic E-state index is 0.263. The van der Waals surface area contributed by atoms with E-state index in [0.29, 0.717) is 24.0 Å². The summed E-state index contributed by atoms with van der Waals surface area (Å²) in [6.07, 6.45) is 0.838. The number of fused-ring (bicyclic) bond motifs is 1. The van der Waals surface area contributed by atoms with Crippen LogP contribution in [-0.4, -0.2) is 33.4 Å². The molecule has 0 radical (unpaired) electrons. The van der Waals surface area contributed by atoms with E-state index in [1.54, 1.807) is 7.11 Å². The Morgan fingerprint density at radius 1 is 1.00 bits per heavy atom. The highest BCUT2D eigenvalue weighted by molar-refractivity contribution is 5.99. The van der Waals surface area contributed by atoms with Gasteiger partial charge in [0.1, 0.15) is 11.6 Å². The number of anilines is 2. The molecule has 0 bridgehead atoms. The van der Waals surface area contributed by atoms with Gasteiger partial charge in [0.15, 0.2) is 5.65 Å². The average molecular weight is 417 g/mol. The fourth-order valence-corrected chi connectivity index (χ4v) is 3.52. The number of aromatic nitrogens is 4. The third-order valence-corrected chi connectivity index (χ3v) is 5.11. The van der Waals surface area contributed by atoms with Crippen molar-refractivity contribution in [1.82, 2.24) is 19.7 Å². The van der Waals surface area contributed by atoms with Crippen LogP contribution in [0.3, 0.4) is 0 Å². The van der Waals surface area contributed by atoms with Crippen molar-refractivity contribution in [3.63, 3.8) is 0 Å². The van der Waals surface area contributed by atoms with Gasteiger partial charge in [0.25, 0.3) is 0 Å². The summed E-state index contributed by atoms with van der Waals surface area (Å²) in [6, 6.07) is 18.1. The monoisotopic (exact) mass is 416 g/mol. The minimum Gasteiger partial charge on any atom is -0.497 e. The topological polar surface area (TPSA) is 90.9 Å². The molecule has 7 nitrogen and oxygen atoms in total. The number of rotatable bonds is 6. The summed E-state index contributed by atoms with van der Waals surface area (Å²) in [5.41, 5.74) is 9.80. The average Bonchev–Trinajstić information content (AvgIpc) is 3.11. The van der Waals surface area contributed by atoms with E-state index >= 15 is 0 Å². The lowest BCUT2D eigenvalue weighted by atomic mass is 10.1. The van der Waals surface area contributed by atoms with Crippen molar-refractivity contribution in [2.75, 3.05) is 24.7 Å². The molecule has 31 heavy (non-hydrogen) atoms. The lowest BCUT2D eigenvalue weighted by Crippen LogP contribution is -2.24. The molecule has 0 aliphatic carbocycles. The zero-order chi connectivity index (χ0) is 22.0. The maximum Gasteiger partial charge on any atom is 0.225 e. The van der Waals surface area contributed by atoms with Crippen LogP contribution in [0.15, 0.2) is 54.6 Å². The summed E-state index contributed by atoms with van der Waals surface area (Å²) in [4.78, 5) is 9.47. The molecule has 0 amide bonds. The summed E-state index contributed by atoms with van der Waals surface area (Å²) in [6.45, 7) is 6.90. The van der Waals surface area contributed by atoms with Crippen molar-refractivity contribution < 1.29 is 4.74 Å². The fraction of sp³-hybridized carbons (Fsp3) is 0.292. The van der Waals surface area contributed by atoms with Gasteiger partial charge in [-0.1, -0.05) is 42.5 Å². The van der Waals surface area contributed by atoms with Crippen LogP contribution in [-0.2, 0) is 12.0 Å². The van der Waals surface area contributed by atoms with Gasteiger partial charge in [-0.2, -0.15) is 4.98 Å². The summed E-state index contributed by atoms with van der Waals surface area (Å²) >= 11 is 0. The van der Waals surface area contributed by atoms with Crippen LogP contribution in [0.5, 0.6) is 5.75 Å². The maximum atomic E-state index is 6.50. The van der Waals surface area contributed by atoms with Crippen molar-refractivity contribution in [2.24, 2.45) is 0 Å². The van der Waals surface area contributed by atoms with E-state index in [1.165, 1.54) is 5.56 Å². The number of nitrogen functional groups attached to an aromatic ring is 1. The molecule has 4 aromatic rings. The summed E-state index contributed by atoms with van der Waals surface area (Å²) < 4.78 is 7.04. The Bertz CT molecular complexity index is 1180. The predicted molar refractivity (Wildman–Crippen MR) is 125 cm³/mol. The van der Waals surface area contributed by atoms with Crippen LogP contribution >= 0.6 is 0 Å². The van der Waals surface area contributed by atoms with E-state index in [9.17, 15) is 0 Å². The largest absolute Gasteiger partial charge is 0.497 e. The molecule has 0 spiro atoms.